The van der Waals surface area contributed by atoms with E-state index in [1.54, 1.807) is 13.3 Å². The number of nitrogens with zero attached hydrogens (tertiary/aromatic N) is 4. The third-order valence-electron chi connectivity index (χ3n) is 4.70. The van der Waals surface area contributed by atoms with E-state index >= 15 is 0 Å². The lowest BCUT2D eigenvalue weighted by Gasteiger charge is -2.34. The topological polar surface area (TPSA) is 61.4 Å². The summed E-state index contributed by atoms with van der Waals surface area (Å²) in [5.74, 6) is 1.80. The fraction of sp³-hybridized carbons (Fsp3) is 0.450. The number of rotatable bonds is 3. The number of anilines is 3. The molecular weight excluding hydrogens is 326 g/mol. The number of benzene rings is 1. The number of piperazine rings is 1. The van der Waals surface area contributed by atoms with Crippen molar-refractivity contribution in [1.82, 2.24) is 14.9 Å². The molecule has 0 spiro atoms. The van der Waals surface area contributed by atoms with Gasteiger partial charge in [0, 0.05) is 44.9 Å². The van der Waals surface area contributed by atoms with Gasteiger partial charge in [-0.15, -0.1) is 0 Å². The fourth-order valence-electron chi connectivity index (χ4n) is 3.22. The molecule has 0 aliphatic carbocycles. The highest BCUT2D eigenvalue weighted by Gasteiger charge is 2.21. The number of hydrogen-bond donors (Lipinski definition) is 1. The van der Waals surface area contributed by atoms with E-state index in [4.69, 9.17) is 0 Å². The third-order valence-corrected chi connectivity index (χ3v) is 4.70. The molecule has 6 nitrogen and oxygen atoms in total. The minimum Gasteiger partial charge on any atom is -0.353 e. The average Bonchev–Trinajstić information content (AvgIpc) is 2.61. The molecule has 6 heteroatoms. The fourth-order valence-corrected chi connectivity index (χ4v) is 3.22. The summed E-state index contributed by atoms with van der Waals surface area (Å²) >= 11 is 0. The van der Waals surface area contributed by atoms with Crippen LogP contribution in [0.2, 0.25) is 0 Å². The predicted molar refractivity (Wildman–Crippen MR) is 105 cm³/mol. The first-order chi connectivity index (χ1) is 12.3. The molecular formula is C20H27N5O. The van der Waals surface area contributed by atoms with Crippen molar-refractivity contribution in [3.63, 3.8) is 0 Å². The van der Waals surface area contributed by atoms with Crippen molar-refractivity contribution in [3.8, 4) is 0 Å². The molecule has 0 saturated carbocycles. The Bertz CT molecular complexity index is 776. The molecule has 1 amide bonds. The van der Waals surface area contributed by atoms with Crippen molar-refractivity contribution in [2.45, 2.75) is 33.1 Å². The maximum absolute atomic E-state index is 11.5. The first-order valence-corrected chi connectivity index (χ1v) is 9.03. The standard InChI is InChI=1S/C20H27N5O/c1-15(26)24-9-11-25(12-10-24)19-13-18(21-14-22-19)23-17-8-6-5-7-16(17)20(2,3)4/h5-8,13-14H,9-12H2,1-4H3,(H,21,22,23). The molecule has 26 heavy (non-hydrogen) atoms. The summed E-state index contributed by atoms with van der Waals surface area (Å²) in [7, 11) is 0. The van der Waals surface area contributed by atoms with Crippen LogP contribution in [0.4, 0.5) is 17.3 Å². The summed E-state index contributed by atoms with van der Waals surface area (Å²) < 4.78 is 0. The van der Waals surface area contributed by atoms with E-state index in [1.807, 2.05) is 17.0 Å². The molecule has 1 aromatic carbocycles. The van der Waals surface area contributed by atoms with E-state index in [-0.39, 0.29) is 11.3 Å². The number of aromatic nitrogens is 2. The maximum atomic E-state index is 11.5. The van der Waals surface area contributed by atoms with Crippen LogP contribution in [0, 0.1) is 0 Å². The minimum absolute atomic E-state index is 0.0441. The molecule has 1 aliphatic rings. The van der Waals surface area contributed by atoms with Crippen LogP contribution in [-0.2, 0) is 10.2 Å². The first kappa shape index (κ1) is 18.2. The molecule has 1 aliphatic heterocycles. The van der Waals surface area contributed by atoms with Crippen LogP contribution in [0.15, 0.2) is 36.7 Å². The highest BCUT2D eigenvalue weighted by atomic mass is 16.2. The molecule has 2 aromatic rings. The highest BCUT2D eigenvalue weighted by molar-refractivity contribution is 5.73. The number of carbonyl (C=O) groups is 1. The van der Waals surface area contributed by atoms with E-state index in [0.29, 0.717) is 0 Å². The molecule has 0 atom stereocenters. The Balaban J connectivity index is 1.76. The monoisotopic (exact) mass is 353 g/mol. The molecule has 0 radical (unpaired) electrons. The normalized spacial score (nSPS) is 15.1. The zero-order valence-electron chi connectivity index (χ0n) is 16.0. The molecule has 1 fully saturated rings. The Labute approximate surface area is 155 Å². The van der Waals surface area contributed by atoms with Crippen LogP contribution in [0.1, 0.15) is 33.3 Å². The molecule has 3 rings (SSSR count). The predicted octanol–water partition coefficient (Wildman–Crippen LogP) is 3.19. The van der Waals surface area contributed by atoms with Crippen molar-refractivity contribution in [1.29, 1.82) is 0 Å². The summed E-state index contributed by atoms with van der Waals surface area (Å²) in [6, 6.07) is 10.3. The van der Waals surface area contributed by atoms with Gasteiger partial charge in [-0.1, -0.05) is 39.0 Å². The summed E-state index contributed by atoms with van der Waals surface area (Å²) in [5, 5.41) is 3.44. The van der Waals surface area contributed by atoms with Crippen molar-refractivity contribution >= 4 is 23.2 Å². The van der Waals surface area contributed by atoms with Gasteiger partial charge < -0.3 is 15.1 Å². The highest BCUT2D eigenvalue weighted by Crippen LogP contribution is 2.31. The van der Waals surface area contributed by atoms with Gasteiger partial charge in [-0.05, 0) is 17.0 Å². The Morgan fingerprint density at radius 3 is 2.42 bits per heavy atom. The second-order valence-corrected chi connectivity index (χ2v) is 7.68. The number of carbonyl (C=O) groups excluding carboxylic acids is 1. The van der Waals surface area contributed by atoms with Crippen LogP contribution >= 0.6 is 0 Å². The van der Waals surface area contributed by atoms with Crippen LogP contribution in [0.25, 0.3) is 0 Å². The number of para-hydroxylation sites is 1. The van der Waals surface area contributed by atoms with Gasteiger partial charge in [0.2, 0.25) is 5.91 Å². The second kappa shape index (κ2) is 7.32. The van der Waals surface area contributed by atoms with Gasteiger partial charge in [0.05, 0.1) is 0 Å². The molecule has 0 unspecified atom stereocenters. The Kier molecular flexibility index (Phi) is 5.11. The lowest BCUT2D eigenvalue weighted by Crippen LogP contribution is -2.48. The summed E-state index contributed by atoms with van der Waals surface area (Å²) in [4.78, 5) is 24.4. The van der Waals surface area contributed by atoms with Gasteiger partial charge in [-0.2, -0.15) is 0 Å². The molecule has 1 aromatic heterocycles. The van der Waals surface area contributed by atoms with Gasteiger partial charge in [0.1, 0.15) is 18.0 Å². The van der Waals surface area contributed by atoms with Gasteiger partial charge in [-0.3, -0.25) is 4.79 Å². The van der Waals surface area contributed by atoms with E-state index in [0.717, 1.165) is 43.5 Å². The summed E-state index contributed by atoms with van der Waals surface area (Å²) in [5.41, 5.74) is 2.35. The Hall–Kier alpha value is -2.63. The molecule has 1 saturated heterocycles. The quantitative estimate of drug-likeness (QED) is 0.918. The van der Waals surface area contributed by atoms with Crippen molar-refractivity contribution in [3.05, 3.63) is 42.2 Å². The lowest BCUT2D eigenvalue weighted by atomic mass is 9.86. The minimum atomic E-state index is 0.0441. The van der Waals surface area contributed by atoms with Crippen molar-refractivity contribution in [2.24, 2.45) is 0 Å². The molecule has 2 heterocycles. The van der Waals surface area contributed by atoms with Crippen molar-refractivity contribution in [2.75, 3.05) is 36.4 Å². The lowest BCUT2D eigenvalue weighted by molar-refractivity contribution is -0.129. The average molecular weight is 353 g/mol. The number of nitrogens with one attached hydrogen (secondary N) is 1. The second-order valence-electron chi connectivity index (χ2n) is 7.68. The third kappa shape index (κ3) is 4.12. The zero-order chi connectivity index (χ0) is 18.7. The molecule has 138 valence electrons. The van der Waals surface area contributed by atoms with Gasteiger partial charge in [0.25, 0.3) is 0 Å². The van der Waals surface area contributed by atoms with Crippen LogP contribution in [0.5, 0.6) is 0 Å². The summed E-state index contributed by atoms with van der Waals surface area (Å²) in [6.07, 6.45) is 1.59. The van der Waals surface area contributed by atoms with E-state index in [2.05, 4.69) is 59.2 Å². The molecule has 1 N–H and O–H groups in total. The van der Waals surface area contributed by atoms with E-state index in [1.165, 1.54) is 5.56 Å². The largest absolute Gasteiger partial charge is 0.353 e. The SMILES string of the molecule is CC(=O)N1CCN(c2cc(Nc3ccccc3C(C)(C)C)ncn2)CC1. The number of hydrogen-bond acceptors (Lipinski definition) is 5. The van der Waals surface area contributed by atoms with Gasteiger partial charge in [-0.25, -0.2) is 9.97 Å². The molecule has 0 bridgehead atoms. The van der Waals surface area contributed by atoms with Gasteiger partial charge >= 0.3 is 0 Å². The summed E-state index contributed by atoms with van der Waals surface area (Å²) in [6.45, 7) is 11.3. The van der Waals surface area contributed by atoms with Crippen LogP contribution < -0.4 is 10.2 Å². The number of amides is 1. The smallest absolute Gasteiger partial charge is 0.219 e. The van der Waals surface area contributed by atoms with Crippen LogP contribution in [-0.4, -0.2) is 47.0 Å². The maximum Gasteiger partial charge on any atom is 0.219 e. The van der Waals surface area contributed by atoms with Crippen molar-refractivity contribution < 1.29 is 4.79 Å². The first-order valence-electron chi connectivity index (χ1n) is 9.03. The zero-order valence-corrected chi connectivity index (χ0v) is 16.0. The Morgan fingerprint density at radius 2 is 1.77 bits per heavy atom. The van der Waals surface area contributed by atoms with E-state index in [9.17, 15) is 4.79 Å². The Morgan fingerprint density at radius 1 is 1.08 bits per heavy atom. The van der Waals surface area contributed by atoms with Gasteiger partial charge in [0.15, 0.2) is 0 Å². The van der Waals surface area contributed by atoms with E-state index < -0.39 is 0 Å². The van der Waals surface area contributed by atoms with Crippen LogP contribution in [0.3, 0.4) is 0 Å².